The zero-order chi connectivity index (χ0) is 7.52. The summed E-state index contributed by atoms with van der Waals surface area (Å²) < 4.78 is 0. The van der Waals surface area contributed by atoms with Crippen molar-refractivity contribution in [2.75, 3.05) is 19.6 Å². The molecule has 11 heavy (non-hydrogen) atoms. The quantitative estimate of drug-likeness (QED) is 0.516. The molecular weight excluding hydrogens is 134 g/mol. The second-order valence-corrected chi connectivity index (χ2v) is 4.13. The molecule has 1 heteroatoms. The van der Waals surface area contributed by atoms with Crippen molar-refractivity contribution in [3.05, 3.63) is 0 Å². The Bertz CT molecular complexity index is 94.5. The normalized spacial score (nSPS) is 39.3. The van der Waals surface area contributed by atoms with E-state index < -0.39 is 0 Å². The van der Waals surface area contributed by atoms with E-state index in [-0.39, 0.29) is 0 Å². The third-order valence-electron chi connectivity index (χ3n) is 3.29. The lowest BCUT2D eigenvalue weighted by molar-refractivity contribution is 0.188. The van der Waals surface area contributed by atoms with Gasteiger partial charge in [0.2, 0.25) is 0 Å². The molecule has 0 aromatic rings. The van der Waals surface area contributed by atoms with Crippen molar-refractivity contribution in [2.45, 2.75) is 38.5 Å². The highest BCUT2D eigenvalue weighted by Crippen LogP contribution is 2.25. The van der Waals surface area contributed by atoms with Crippen molar-refractivity contribution >= 4 is 0 Å². The van der Waals surface area contributed by atoms with E-state index in [9.17, 15) is 0 Å². The smallest absolute Gasteiger partial charge is 0.00161 e. The molecule has 3 heterocycles. The standard InChI is InChI=1S/C10H19N/c1-2-4-10-5-8-11(7-3-1)9-6-10/h10H,1-9H2. The Morgan fingerprint density at radius 3 is 2.36 bits per heavy atom. The Hall–Kier alpha value is -0.0400. The number of fused-ring (bicyclic) bond motifs is 6. The van der Waals surface area contributed by atoms with Gasteiger partial charge in [-0.15, -0.1) is 0 Å². The molecule has 0 radical (unpaired) electrons. The lowest BCUT2D eigenvalue weighted by atomic mass is 9.93. The molecule has 0 aromatic heterocycles. The Morgan fingerprint density at radius 1 is 0.727 bits per heavy atom. The molecule has 0 N–H and O–H groups in total. The van der Waals surface area contributed by atoms with Crippen molar-refractivity contribution in [1.82, 2.24) is 4.90 Å². The fourth-order valence-electron chi connectivity index (χ4n) is 2.44. The Kier molecular flexibility index (Phi) is 2.47. The van der Waals surface area contributed by atoms with E-state index in [1.165, 1.54) is 58.2 Å². The van der Waals surface area contributed by atoms with Crippen molar-refractivity contribution in [2.24, 2.45) is 5.92 Å². The molecule has 3 saturated heterocycles. The lowest BCUT2D eigenvalue weighted by Crippen LogP contribution is -2.33. The van der Waals surface area contributed by atoms with E-state index >= 15 is 0 Å². The van der Waals surface area contributed by atoms with Crippen LogP contribution in [0.1, 0.15) is 38.5 Å². The lowest BCUT2D eigenvalue weighted by Gasteiger charge is -2.30. The van der Waals surface area contributed by atoms with Crippen molar-refractivity contribution < 1.29 is 0 Å². The highest BCUT2D eigenvalue weighted by Gasteiger charge is 2.19. The van der Waals surface area contributed by atoms with Gasteiger partial charge in [0.1, 0.15) is 0 Å². The average Bonchev–Trinajstić information content (AvgIpc) is 2.21. The molecule has 0 aliphatic carbocycles. The average molecular weight is 153 g/mol. The molecular formula is C10H19N. The van der Waals surface area contributed by atoms with Crippen LogP contribution in [0.15, 0.2) is 0 Å². The summed E-state index contributed by atoms with van der Waals surface area (Å²) in [6.45, 7) is 4.17. The molecule has 3 fully saturated rings. The summed E-state index contributed by atoms with van der Waals surface area (Å²) in [6, 6.07) is 0. The minimum absolute atomic E-state index is 1.09. The third-order valence-corrected chi connectivity index (χ3v) is 3.29. The number of hydrogen-bond acceptors (Lipinski definition) is 1. The van der Waals surface area contributed by atoms with Crippen molar-refractivity contribution in [3.63, 3.8) is 0 Å². The van der Waals surface area contributed by atoms with Crippen LogP contribution < -0.4 is 0 Å². The first-order valence-corrected chi connectivity index (χ1v) is 5.17. The Morgan fingerprint density at radius 2 is 1.55 bits per heavy atom. The summed E-state index contributed by atoms with van der Waals surface area (Å²) in [6.07, 6.45) is 8.92. The monoisotopic (exact) mass is 153 g/mol. The zero-order valence-corrected chi connectivity index (χ0v) is 7.39. The number of piperidine rings is 1. The first-order valence-electron chi connectivity index (χ1n) is 5.17. The molecule has 0 spiro atoms. The number of nitrogens with zero attached hydrogens (tertiary/aromatic N) is 1. The van der Waals surface area contributed by atoms with Crippen LogP contribution in [-0.4, -0.2) is 24.5 Å². The van der Waals surface area contributed by atoms with Crippen LogP contribution in [-0.2, 0) is 0 Å². The summed E-state index contributed by atoms with van der Waals surface area (Å²) in [4.78, 5) is 2.65. The molecule has 3 aliphatic rings. The van der Waals surface area contributed by atoms with Crippen LogP contribution in [0.5, 0.6) is 0 Å². The van der Waals surface area contributed by atoms with E-state index in [4.69, 9.17) is 0 Å². The van der Waals surface area contributed by atoms with E-state index in [0.717, 1.165) is 5.92 Å². The van der Waals surface area contributed by atoms with Crippen LogP contribution in [0.4, 0.5) is 0 Å². The first kappa shape index (κ1) is 7.60. The maximum Gasteiger partial charge on any atom is -0.00161 e. The van der Waals surface area contributed by atoms with Gasteiger partial charge < -0.3 is 4.90 Å². The molecule has 3 aliphatic heterocycles. The summed E-state index contributed by atoms with van der Waals surface area (Å²) >= 11 is 0. The van der Waals surface area contributed by atoms with Crippen LogP contribution in [0.25, 0.3) is 0 Å². The van der Waals surface area contributed by atoms with Gasteiger partial charge in [0.05, 0.1) is 0 Å². The maximum absolute atomic E-state index is 2.65. The molecule has 0 aromatic carbocycles. The molecule has 0 atom stereocenters. The van der Waals surface area contributed by atoms with Gasteiger partial charge in [0.25, 0.3) is 0 Å². The third kappa shape index (κ3) is 1.96. The van der Waals surface area contributed by atoms with Crippen LogP contribution >= 0.6 is 0 Å². The SMILES string of the molecule is C1CCC2CCN(CC1)CC2. The van der Waals surface area contributed by atoms with Crippen LogP contribution in [0, 0.1) is 5.92 Å². The molecule has 3 rings (SSSR count). The van der Waals surface area contributed by atoms with Crippen LogP contribution in [0.3, 0.4) is 0 Å². The predicted octanol–water partition coefficient (Wildman–Crippen LogP) is 2.27. The molecule has 2 bridgehead atoms. The summed E-state index contributed by atoms with van der Waals surface area (Å²) in [5.41, 5.74) is 0. The molecule has 1 nitrogen and oxygen atoms in total. The second-order valence-electron chi connectivity index (χ2n) is 4.13. The summed E-state index contributed by atoms with van der Waals surface area (Å²) in [7, 11) is 0. The Labute approximate surface area is 69.8 Å². The van der Waals surface area contributed by atoms with Gasteiger partial charge in [-0.3, -0.25) is 0 Å². The predicted molar refractivity (Wildman–Crippen MR) is 47.6 cm³/mol. The molecule has 0 saturated carbocycles. The van der Waals surface area contributed by atoms with Gasteiger partial charge in [-0.1, -0.05) is 19.3 Å². The van der Waals surface area contributed by atoms with Gasteiger partial charge >= 0.3 is 0 Å². The van der Waals surface area contributed by atoms with E-state index in [1.807, 2.05) is 0 Å². The minimum atomic E-state index is 1.09. The zero-order valence-electron chi connectivity index (χ0n) is 7.39. The van der Waals surface area contributed by atoms with Gasteiger partial charge in [-0.2, -0.15) is 0 Å². The van der Waals surface area contributed by atoms with E-state index in [1.54, 1.807) is 0 Å². The summed E-state index contributed by atoms with van der Waals surface area (Å²) in [5.74, 6) is 1.09. The number of rotatable bonds is 0. The fourth-order valence-corrected chi connectivity index (χ4v) is 2.44. The molecule has 64 valence electrons. The topological polar surface area (TPSA) is 3.24 Å². The molecule has 0 unspecified atom stereocenters. The highest BCUT2D eigenvalue weighted by atomic mass is 15.1. The molecule has 0 amide bonds. The minimum Gasteiger partial charge on any atom is -0.303 e. The second kappa shape index (κ2) is 3.57. The van der Waals surface area contributed by atoms with Gasteiger partial charge in [-0.05, 0) is 44.8 Å². The van der Waals surface area contributed by atoms with Crippen molar-refractivity contribution in [3.8, 4) is 0 Å². The largest absolute Gasteiger partial charge is 0.303 e. The van der Waals surface area contributed by atoms with Gasteiger partial charge in [-0.25, -0.2) is 0 Å². The van der Waals surface area contributed by atoms with E-state index in [0.29, 0.717) is 0 Å². The fraction of sp³-hybridized carbons (Fsp3) is 1.00. The van der Waals surface area contributed by atoms with E-state index in [2.05, 4.69) is 4.90 Å². The first-order chi connectivity index (χ1) is 5.45. The summed E-state index contributed by atoms with van der Waals surface area (Å²) in [5, 5.41) is 0. The highest BCUT2D eigenvalue weighted by molar-refractivity contribution is 4.74. The van der Waals surface area contributed by atoms with Gasteiger partial charge in [0.15, 0.2) is 0 Å². The van der Waals surface area contributed by atoms with Crippen LogP contribution in [0.2, 0.25) is 0 Å². The van der Waals surface area contributed by atoms with Gasteiger partial charge in [0, 0.05) is 0 Å². The number of hydrogen-bond donors (Lipinski definition) is 0. The Balaban J connectivity index is 1.92. The van der Waals surface area contributed by atoms with Crippen molar-refractivity contribution in [1.29, 1.82) is 0 Å². The maximum atomic E-state index is 2.65.